The molecule has 1 aromatic heterocycles. The third kappa shape index (κ3) is 2.43. The summed E-state index contributed by atoms with van der Waals surface area (Å²) in [5.41, 5.74) is 5.89. The van der Waals surface area contributed by atoms with Gasteiger partial charge in [0.05, 0.1) is 10.7 Å². The second-order valence-electron chi connectivity index (χ2n) is 5.40. The third-order valence-electron chi connectivity index (χ3n) is 4.30. The number of rotatable bonds is 4. The van der Waals surface area contributed by atoms with Crippen molar-refractivity contribution in [3.8, 4) is 0 Å². The molecule has 1 saturated carbocycles. The first-order valence-corrected chi connectivity index (χ1v) is 9.16. The Morgan fingerprint density at radius 1 is 1.37 bits per heavy atom. The fourth-order valence-electron chi connectivity index (χ4n) is 2.82. The van der Waals surface area contributed by atoms with Crippen molar-refractivity contribution in [1.82, 2.24) is 10.1 Å². The van der Waals surface area contributed by atoms with E-state index in [1.54, 1.807) is 0 Å². The zero-order valence-electron chi connectivity index (χ0n) is 11.3. The van der Waals surface area contributed by atoms with Crippen LogP contribution in [-0.4, -0.2) is 33.4 Å². The second kappa shape index (κ2) is 5.66. The van der Waals surface area contributed by atoms with Crippen molar-refractivity contribution >= 4 is 23.5 Å². The monoisotopic (exact) mass is 299 g/mol. The minimum atomic E-state index is -0.0144. The molecular weight excluding hydrogens is 278 g/mol. The Kier molecular flexibility index (Phi) is 4.10. The van der Waals surface area contributed by atoms with E-state index < -0.39 is 0 Å². The summed E-state index contributed by atoms with van der Waals surface area (Å²) in [6.07, 6.45) is 4.57. The molecule has 2 aliphatic rings. The van der Waals surface area contributed by atoms with Gasteiger partial charge >= 0.3 is 0 Å². The van der Waals surface area contributed by atoms with E-state index in [-0.39, 0.29) is 5.41 Å². The summed E-state index contributed by atoms with van der Waals surface area (Å²) in [7, 11) is 0. The predicted molar refractivity (Wildman–Crippen MR) is 80.6 cm³/mol. The van der Waals surface area contributed by atoms with E-state index in [1.807, 2.05) is 23.5 Å². The lowest BCUT2D eigenvalue weighted by atomic mass is 9.69. The Bertz CT molecular complexity index is 428. The molecule has 3 rings (SSSR count). The highest BCUT2D eigenvalue weighted by Gasteiger charge is 2.43. The molecule has 1 saturated heterocycles. The van der Waals surface area contributed by atoms with Crippen molar-refractivity contribution in [3.63, 3.8) is 0 Å². The van der Waals surface area contributed by atoms with Crippen molar-refractivity contribution in [3.05, 3.63) is 11.7 Å². The van der Waals surface area contributed by atoms with Crippen molar-refractivity contribution in [2.24, 2.45) is 5.73 Å². The molecule has 0 radical (unpaired) electrons. The predicted octanol–water partition coefficient (Wildman–Crippen LogP) is 2.75. The van der Waals surface area contributed by atoms with Crippen LogP contribution in [0.4, 0.5) is 0 Å². The molecule has 1 aliphatic heterocycles. The maximum absolute atomic E-state index is 5.90. The van der Waals surface area contributed by atoms with Crippen molar-refractivity contribution in [2.45, 2.75) is 48.5 Å². The molecule has 0 aromatic carbocycles. The van der Waals surface area contributed by atoms with Crippen LogP contribution in [0.3, 0.4) is 0 Å². The van der Waals surface area contributed by atoms with Gasteiger partial charge in [-0.3, -0.25) is 0 Å². The lowest BCUT2D eigenvalue weighted by molar-refractivity contribution is 0.181. The molecular formula is C13H21N3OS2. The maximum atomic E-state index is 5.90. The van der Waals surface area contributed by atoms with E-state index in [4.69, 9.17) is 15.2 Å². The minimum absolute atomic E-state index is 0.0144. The highest BCUT2D eigenvalue weighted by atomic mass is 32.2. The van der Waals surface area contributed by atoms with Crippen LogP contribution in [0.15, 0.2) is 4.52 Å². The van der Waals surface area contributed by atoms with Crippen molar-refractivity contribution in [2.75, 3.05) is 18.1 Å². The standard InChI is InChI=1S/C13H21N3OS2/c1-2-9-10(19-7-6-18-9)11-15-12(17-16-11)13(8-14)4-3-5-13/h9-10H,2-8,14H2,1H3. The van der Waals surface area contributed by atoms with Gasteiger partial charge in [0.1, 0.15) is 0 Å². The molecule has 2 fully saturated rings. The van der Waals surface area contributed by atoms with Gasteiger partial charge < -0.3 is 10.3 Å². The maximum Gasteiger partial charge on any atom is 0.234 e. The van der Waals surface area contributed by atoms with E-state index in [1.165, 1.54) is 17.9 Å². The number of hydrogen-bond donors (Lipinski definition) is 1. The van der Waals surface area contributed by atoms with Gasteiger partial charge in [0, 0.05) is 23.3 Å². The largest absolute Gasteiger partial charge is 0.339 e. The van der Waals surface area contributed by atoms with Gasteiger partial charge in [-0.05, 0) is 19.3 Å². The molecule has 2 unspecified atom stereocenters. The Morgan fingerprint density at radius 2 is 2.16 bits per heavy atom. The summed E-state index contributed by atoms with van der Waals surface area (Å²) < 4.78 is 5.55. The first-order valence-electron chi connectivity index (χ1n) is 7.06. The van der Waals surface area contributed by atoms with Gasteiger partial charge in [-0.15, -0.1) is 11.8 Å². The molecule has 2 atom stereocenters. The summed E-state index contributed by atoms with van der Waals surface area (Å²) in [4.78, 5) is 4.71. The number of hydrogen-bond acceptors (Lipinski definition) is 6. The van der Waals surface area contributed by atoms with Gasteiger partial charge in [-0.1, -0.05) is 18.5 Å². The molecule has 0 amide bonds. The molecule has 6 heteroatoms. The van der Waals surface area contributed by atoms with E-state index in [9.17, 15) is 0 Å². The SMILES string of the molecule is CCC1SCCSC1c1noc(C2(CN)CCC2)n1. The molecule has 2 N–H and O–H groups in total. The Labute approximate surface area is 122 Å². The number of nitrogens with two attached hydrogens (primary N) is 1. The summed E-state index contributed by atoms with van der Waals surface area (Å²) in [5.74, 6) is 4.08. The van der Waals surface area contributed by atoms with Crippen LogP contribution in [0.1, 0.15) is 49.6 Å². The average molecular weight is 299 g/mol. The van der Waals surface area contributed by atoms with Crippen LogP contribution in [0.25, 0.3) is 0 Å². The normalized spacial score (nSPS) is 30.0. The van der Waals surface area contributed by atoms with Crippen molar-refractivity contribution in [1.29, 1.82) is 0 Å². The fourth-order valence-corrected chi connectivity index (χ4v) is 5.80. The summed E-state index contributed by atoms with van der Waals surface area (Å²) in [6, 6.07) is 0. The second-order valence-corrected chi connectivity index (χ2v) is 8.00. The zero-order chi connectivity index (χ0) is 13.3. The lowest BCUT2D eigenvalue weighted by Crippen LogP contribution is -2.41. The van der Waals surface area contributed by atoms with Crippen LogP contribution >= 0.6 is 23.5 Å². The molecule has 106 valence electrons. The van der Waals surface area contributed by atoms with E-state index in [2.05, 4.69) is 12.1 Å². The summed E-state index contributed by atoms with van der Waals surface area (Å²) in [5, 5.41) is 5.25. The third-order valence-corrected chi connectivity index (χ3v) is 7.55. The quantitative estimate of drug-likeness (QED) is 0.922. The Balaban J connectivity index is 1.80. The molecule has 2 heterocycles. The fraction of sp³-hybridized carbons (Fsp3) is 0.846. The van der Waals surface area contributed by atoms with E-state index >= 15 is 0 Å². The molecule has 4 nitrogen and oxygen atoms in total. The van der Waals surface area contributed by atoms with E-state index in [0.29, 0.717) is 17.0 Å². The number of nitrogens with zero attached hydrogens (tertiary/aromatic N) is 2. The number of aromatic nitrogens is 2. The summed E-state index contributed by atoms with van der Waals surface area (Å²) in [6.45, 7) is 2.86. The van der Waals surface area contributed by atoms with Gasteiger partial charge in [-0.25, -0.2) is 0 Å². The Hall–Kier alpha value is -0.200. The highest BCUT2D eigenvalue weighted by molar-refractivity contribution is 8.06. The zero-order valence-corrected chi connectivity index (χ0v) is 12.9. The average Bonchev–Trinajstić information content (AvgIpc) is 2.88. The van der Waals surface area contributed by atoms with Gasteiger partial charge in [0.15, 0.2) is 5.82 Å². The van der Waals surface area contributed by atoms with Gasteiger partial charge in [-0.2, -0.15) is 16.7 Å². The van der Waals surface area contributed by atoms with Gasteiger partial charge in [0.25, 0.3) is 0 Å². The highest BCUT2D eigenvalue weighted by Crippen LogP contribution is 2.45. The smallest absolute Gasteiger partial charge is 0.234 e. The molecule has 0 spiro atoms. The molecule has 1 aromatic rings. The van der Waals surface area contributed by atoms with Crippen LogP contribution in [0.2, 0.25) is 0 Å². The number of thioether (sulfide) groups is 2. The topological polar surface area (TPSA) is 64.9 Å². The van der Waals surface area contributed by atoms with E-state index in [0.717, 1.165) is 31.0 Å². The van der Waals surface area contributed by atoms with Crippen LogP contribution in [-0.2, 0) is 5.41 Å². The van der Waals surface area contributed by atoms with Crippen LogP contribution < -0.4 is 5.73 Å². The van der Waals surface area contributed by atoms with Gasteiger partial charge in [0.2, 0.25) is 5.89 Å². The molecule has 1 aliphatic carbocycles. The van der Waals surface area contributed by atoms with Crippen LogP contribution in [0.5, 0.6) is 0 Å². The lowest BCUT2D eigenvalue weighted by Gasteiger charge is -2.37. The van der Waals surface area contributed by atoms with Crippen molar-refractivity contribution < 1.29 is 4.52 Å². The minimum Gasteiger partial charge on any atom is -0.339 e. The summed E-state index contributed by atoms with van der Waals surface area (Å²) >= 11 is 4.01. The first-order chi connectivity index (χ1) is 9.29. The molecule has 19 heavy (non-hydrogen) atoms. The molecule has 0 bridgehead atoms. The Morgan fingerprint density at radius 3 is 2.79 bits per heavy atom. The first kappa shape index (κ1) is 13.8. The van der Waals surface area contributed by atoms with Crippen LogP contribution in [0, 0.1) is 0 Å².